The van der Waals surface area contributed by atoms with Crippen molar-refractivity contribution in [3.05, 3.63) is 64.1 Å². The van der Waals surface area contributed by atoms with Crippen LogP contribution in [0.25, 0.3) is 10.9 Å². The second-order valence-corrected chi connectivity index (χ2v) is 7.85. The molecule has 1 N–H and O–H groups in total. The molecule has 0 fully saturated rings. The van der Waals surface area contributed by atoms with E-state index in [2.05, 4.69) is 16.5 Å². The predicted octanol–water partition coefficient (Wildman–Crippen LogP) is 4.84. The van der Waals surface area contributed by atoms with Gasteiger partial charge in [0.1, 0.15) is 0 Å². The Morgan fingerprint density at radius 2 is 1.93 bits per heavy atom. The van der Waals surface area contributed by atoms with Crippen LogP contribution in [-0.2, 0) is 19.4 Å². The molecule has 156 valence electrons. The Morgan fingerprint density at radius 3 is 2.66 bits per heavy atom. The molecule has 1 atom stereocenters. The number of rotatable bonds is 4. The second-order valence-electron chi connectivity index (χ2n) is 7.41. The van der Waals surface area contributed by atoms with E-state index in [1.165, 1.54) is 24.4 Å². The predicted molar refractivity (Wildman–Crippen MR) is 116 cm³/mol. The third kappa shape index (κ3) is 4.13. The fourth-order valence-corrected chi connectivity index (χ4v) is 4.27. The lowest BCUT2D eigenvalue weighted by atomic mass is 10.1. The van der Waals surface area contributed by atoms with Gasteiger partial charge in [0.05, 0.1) is 19.8 Å². The van der Waals surface area contributed by atoms with E-state index in [1.54, 1.807) is 12.1 Å². The zero-order chi connectivity index (χ0) is 19.8. The molecule has 29 heavy (non-hydrogen) atoms. The summed E-state index contributed by atoms with van der Waals surface area (Å²) >= 11 is 6.26. The van der Waals surface area contributed by atoms with E-state index >= 15 is 0 Å². The largest absolute Gasteiger partial charge is 0.494 e. The number of halogens is 2. The van der Waals surface area contributed by atoms with Gasteiger partial charge < -0.3 is 19.3 Å². The average Bonchev–Trinajstić information content (AvgIpc) is 2.81. The van der Waals surface area contributed by atoms with Crippen molar-refractivity contribution >= 4 is 22.5 Å². The molecule has 1 aliphatic rings. The maximum Gasteiger partial charge on any atom is 0.165 e. The molecule has 6 heteroatoms. The van der Waals surface area contributed by atoms with Crippen LogP contribution in [0.3, 0.4) is 0 Å². The summed E-state index contributed by atoms with van der Waals surface area (Å²) in [5.74, 6) is -0.294. The van der Waals surface area contributed by atoms with Crippen LogP contribution >= 0.6 is 11.6 Å². The van der Waals surface area contributed by atoms with Gasteiger partial charge in [0.25, 0.3) is 0 Å². The lowest BCUT2D eigenvalue weighted by Gasteiger charge is -2.18. The number of benzene rings is 2. The summed E-state index contributed by atoms with van der Waals surface area (Å²) in [5.41, 5.74) is 4.13. The Balaban J connectivity index is 0.00000240. The molecule has 0 amide bonds. The minimum absolute atomic E-state index is 0. The van der Waals surface area contributed by atoms with Crippen LogP contribution in [0.1, 0.15) is 30.4 Å². The molecular weight excluding hydrogens is 391 g/mol. The molecule has 0 aliphatic carbocycles. The summed E-state index contributed by atoms with van der Waals surface area (Å²) in [7, 11) is 3.55. The standard InChI is InChI=1S/C22H24ClFN2O2.CH4/c1-25-9-7-16-17-12-15(23)4-5-19(17)26(20(16)8-10-25)13-21(27)14-3-6-22(28-2)18(24)11-14;/h3-6,11-12,21,27H,7-10,13H2,1-2H3;1H4. The molecular formula is C23H28ClFN2O2. The molecule has 0 radical (unpaired) electrons. The number of aliphatic hydroxyl groups is 1. The van der Waals surface area contributed by atoms with Gasteiger partial charge in [0, 0.05) is 41.1 Å². The van der Waals surface area contributed by atoms with E-state index in [4.69, 9.17) is 16.3 Å². The van der Waals surface area contributed by atoms with E-state index in [1.807, 2.05) is 18.2 Å². The highest BCUT2D eigenvalue weighted by Gasteiger charge is 2.23. The van der Waals surface area contributed by atoms with Gasteiger partial charge >= 0.3 is 0 Å². The van der Waals surface area contributed by atoms with E-state index in [-0.39, 0.29) is 13.2 Å². The van der Waals surface area contributed by atoms with Crippen molar-refractivity contribution < 1.29 is 14.2 Å². The van der Waals surface area contributed by atoms with Crippen LogP contribution in [-0.4, -0.2) is 41.8 Å². The van der Waals surface area contributed by atoms with E-state index < -0.39 is 11.9 Å². The Labute approximate surface area is 176 Å². The number of nitrogens with zero attached hydrogens (tertiary/aromatic N) is 2. The minimum atomic E-state index is -0.822. The van der Waals surface area contributed by atoms with Gasteiger partial charge in [-0.25, -0.2) is 4.39 Å². The fourth-order valence-electron chi connectivity index (χ4n) is 4.10. The van der Waals surface area contributed by atoms with E-state index in [0.717, 1.165) is 36.8 Å². The number of hydrogen-bond acceptors (Lipinski definition) is 3. The number of fused-ring (bicyclic) bond motifs is 3. The molecule has 0 bridgehead atoms. The van der Waals surface area contributed by atoms with Crippen LogP contribution in [0, 0.1) is 5.82 Å². The van der Waals surface area contributed by atoms with Gasteiger partial charge in [-0.15, -0.1) is 0 Å². The Hall–Kier alpha value is -2.08. The van der Waals surface area contributed by atoms with Gasteiger partial charge in [-0.05, 0) is 54.9 Å². The molecule has 2 aromatic carbocycles. The molecule has 4 rings (SSSR count). The summed E-state index contributed by atoms with van der Waals surface area (Å²) in [6.07, 6.45) is 1.03. The van der Waals surface area contributed by atoms with Crippen LogP contribution in [0.2, 0.25) is 5.02 Å². The van der Waals surface area contributed by atoms with Crippen LogP contribution in [0.5, 0.6) is 5.75 Å². The zero-order valence-corrected chi connectivity index (χ0v) is 16.8. The first kappa shape index (κ1) is 21.6. The van der Waals surface area contributed by atoms with Gasteiger partial charge in [0.2, 0.25) is 0 Å². The van der Waals surface area contributed by atoms with Gasteiger partial charge in [0.15, 0.2) is 11.6 Å². The summed E-state index contributed by atoms with van der Waals surface area (Å²) in [4.78, 5) is 2.32. The van der Waals surface area contributed by atoms with Crippen molar-refractivity contribution in [2.75, 3.05) is 27.2 Å². The molecule has 1 unspecified atom stereocenters. The molecule has 0 spiro atoms. The lowest BCUT2D eigenvalue weighted by Crippen LogP contribution is -2.21. The van der Waals surface area contributed by atoms with Crippen LogP contribution in [0.15, 0.2) is 36.4 Å². The molecule has 2 heterocycles. The Kier molecular flexibility index (Phi) is 6.52. The first-order valence-electron chi connectivity index (χ1n) is 9.47. The first-order valence-corrected chi connectivity index (χ1v) is 9.85. The quantitative estimate of drug-likeness (QED) is 0.658. The van der Waals surface area contributed by atoms with Crippen molar-refractivity contribution in [3.63, 3.8) is 0 Å². The molecule has 3 aromatic rings. The van der Waals surface area contributed by atoms with Gasteiger partial charge in [-0.3, -0.25) is 0 Å². The molecule has 1 aliphatic heterocycles. The van der Waals surface area contributed by atoms with Crippen LogP contribution < -0.4 is 4.74 Å². The number of ether oxygens (including phenoxy) is 1. The van der Waals surface area contributed by atoms with Crippen LogP contribution in [0.4, 0.5) is 4.39 Å². The highest BCUT2D eigenvalue weighted by atomic mass is 35.5. The third-order valence-corrected chi connectivity index (χ3v) is 5.87. The lowest BCUT2D eigenvalue weighted by molar-refractivity contribution is 0.156. The highest BCUT2D eigenvalue weighted by molar-refractivity contribution is 6.31. The summed E-state index contributed by atoms with van der Waals surface area (Å²) in [6, 6.07) is 10.5. The smallest absolute Gasteiger partial charge is 0.165 e. The first-order chi connectivity index (χ1) is 13.5. The van der Waals surface area contributed by atoms with Crippen molar-refractivity contribution in [1.29, 1.82) is 0 Å². The highest BCUT2D eigenvalue weighted by Crippen LogP contribution is 2.33. The van der Waals surface area contributed by atoms with E-state index in [9.17, 15) is 9.50 Å². The monoisotopic (exact) mass is 418 g/mol. The minimum Gasteiger partial charge on any atom is -0.494 e. The number of aliphatic hydroxyl groups excluding tert-OH is 1. The maximum absolute atomic E-state index is 14.1. The summed E-state index contributed by atoms with van der Waals surface area (Å²) in [6.45, 7) is 2.32. The normalized spacial score (nSPS) is 15.5. The molecule has 1 aromatic heterocycles. The SMILES string of the molecule is C.COc1ccc(C(O)Cn2c3c(c4cc(Cl)ccc42)CCN(C)CC3)cc1F. The average molecular weight is 419 g/mol. The molecule has 4 nitrogen and oxygen atoms in total. The maximum atomic E-state index is 14.1. The van der Waals surface area contributed by atoms with Crippen molar-refractivity contribution in [2.24, 2.45) is 0 Å². The molecule has 0 saturated carbocycles. The Morgan fingerprint density at radius 1 is 1.17 bits per heavy atom. The van der Waals surface area contributed by atoms with Gasteiger partial charge in [-0.1, -0.05) is 25.1 Å². The van der Waals surface area contributed by atoms with Crippen molar-refractivity contribution in [1.82, 2.24) is 9.47 Å². The summed E-state index contributed by atoms with van der Waals surface area (Å²) in [5, 5.41) is 12.7. The zero-order valence-electron chi connectivity index (χ0n) is 16.1. The Bertz CT molecular complexity index is 1020. The topological polar surface area (TPSA) is 37.6 Å². The van der Waals surface area contributed by atoms with E-state index in [0.29, 0.717) is 17.1 Å². The molecule has 0 saturated heterocycles. The number of likely N-dealkylation sites (N-methyl/N-ethyl adjacent to an activating group) is 1. The number of methoxy groups -OCH3 is 1. The summed E-state index contributed by atoms with van der Waals surface area (Å²) < 4.78 is 21.2. The third-order valence-electron chi connectivity index (χ3n) is 5.64. The second kappa shape index (κ2) is 8.74. The fraction of sp³-hybridized carbons (Fsp3) is 0.391. The van der Waals surface area contributed by atoms with Crippen molar-refractivity contribution in [3.8, 4) is 5.75 Å². The van der Waals surface area contributed by atoms with Gasteiger partial charge in [-0.2, -0.15) is 0 Å². The van der Waals surface area contributed by atoms with Crippen molar-refractivity contribution in [2.45, 2.75) is 32.9 Å². The number of aromatic nitrogens is 1. The number of hydrogen-bond donors (Lipinski definition) is 1.